The molecule has 0 atom stereocenters. The summed E-state index contributed by atoms with van der Waals surface area (Å²) >= 11 is 11.9. The van der Waals surface area contributed by atoms with Crippen molar-refractivity contribution in [2.24, 2.45) is 5.10 Å². The molecule has 0 aliphatic carbocycles. The number of nitrogens with zero attached hydrogens (tertiary/aromatic N) is 2. The third-order valence-electron chi connectivity index (χ3n) is 2.73. The summed E-state index contributed by atoms with van der Waals surface area (Å²) in [6.07, 6.45) is 0. The highest BCUT2D eigenvalue weighted by Crippen LogP contribution is 2.22. The van der Waals surface area contributed by atoms with Crippen LogP contribution in [0.25, 0.3) is 0 Å². The minimum atomic E-state index is -0.461. The second-order valence-corrected chi connectivity index (χ2v) is 5.08. The van der Waals surface area contributed by atoms with Gasteiger partial charge in [0.15, 0.2) is 0 Å². The molecule has 2 rings (SSSR count). The molecule has 0 amide bonds. The number of nitro benzene ring substituents is 1. The Morgan fingerprint density at radius 2 is 2.00 bits per heavy atom. The maximum atomic E-state index is 10.7. The first-order valence-electron chi connectivity index (χ1n) is 5.97. The number of non-ortho nitro benzene ring substituents is 1. The molecular formula is C14H11Cl2N3O2. The van der Waals surface area contributed by atoms with Crippen LogP contribution in [0, 0.1) is 10.1 Å². The minimum Gasteiger partial charge on any atom is -0.278 e. The fourth-order valence-electron chi connectivity index (χ4n) is 1.68. The van der Waals surface area contributed by atoms with Gasteiger partial charge in [-0.3, -0.25) is 15.5 Å². The molecule has 108 valence electrons. The first-order chi connectivity index (χ1) is 9.97. The SMILES string of the molecule is C/C(=N/Nc1cccc([N+](=O)[O-])c1)c1ccc(Cl)cc1Cl. The van der Waals surface area contributed by atoms with Crippen molar-refractivity contribution in [3.8, 4) is 0 Å². The van der Waals surface area contributed by atoms with Crippen molar-refractivity contribution in [1.29, 1.82) is 0 Å². The maximum absolute atomic E-state index is 10.7. The van der Waals surface area contributed by atoms with Crippen LogP contribution in [0.5, 0.6) is 0 Å². The highest BCUT2D eigenvalue weighted by molar-refractivity contribution is 6.37. The van der Waals surface area contributed by atoms with E-state index in [2.05, 4.69) is 10.5 Å². The monoisotopic (exact) mass is 323 g/mol. The lowest BCUT2D eigenvalue weighted by atomic mass is 10.1. The van der Waals surface area contributed by atoms with Gasteiger partial charge < -0.3 is 0 Å². The van der Waals surface area contributed by atoms with Crippen molar-refractivity contribution in [3.63, 3.8) is 0 Å². The molecule has 21 heavy (non-hydrogen) atoms. The number of halogens is 2. The second-order valence-electron chi connectivity index (χ2n) is 4.24. The number of nitrogens with one attached hydrogen (secondary N) is 1. The Hall–Kier alpha value is -2.11. The van der Waals surface area contributed by atoms with Gasteiger partial charge in [0.05, 0.1) is 21.3 Å². The third-order valence-corrected chi connectivity index (χ3v) is 3.28. The fourth-order valence-corrected chi connectivity index (χ4v) is 2.23. The normalized spacial score (nSPS) is 11.3. The molecule has 0 aliphatic rings. The minimum absolute atomic E-state index is 0.00243. The van der Waals surface area contributed by atoms with E-state index in [1.165, 1.54) is 12.1 Å². The molecule has 2 aromatic rings. The number of nitro groups is 1. The lowest BCUT2D eigenvalue weighted by molar-refractivity contribution is -0.384. The Bertz CT molecular complexity index is 717. The lowest BCUT2D eigenvalue weighted by Crippen LogP contribution is -2.01. The Morgan fingerprint density at radius 3 is 2.67 bits per heavy atom. The Morgan fingerprint density at radius 1 is 1.24 bits per heavy atom. The average molecular weight is 324 g/mol. The highest BCUT2D eigenvalue weighted by atomic mass is 35.5. The van der Waals surface area contributed by atoms with E-state index < -0.39 is 4.92 Å². The van der Waals surface area contributed by atoms with Crippen LogP contribution in [-0.4, -0.2) is 10.6 Å². The maximum Gasteiger partial charge on any atom is 0.271 e. The number of anilines is 1. The molecule has 0 radical (unpaired) electrons. The summed E-state index contributed by atoms with van der Waals surface area (Å²) < 4.78 is 0. The quantitative estimate of drug-likeness (QED) is 0.502. The number of benzene rings is 2. The lowest BCUT2D eigenvalue weighted by Gasteiger charge is -2.06. The Balaban J connectivity index is 2.20. The zero-order chi connectivity index (χ0) is 15.4. The molecule has 0 fully saturated rings. The van der Waals surface area contributed by atoms with Gasteiger partial charge in [-0.2, -0.15) is 5.10 Å². The molecule has 2 aromatic carbocycles. The number of hydrogen-bond donors (Lipinski definition) is 1. The van der Waals surface area contributed by atoms with Gasteiger partial charge in [-0.05, 0) is 25.1 Å². The summed E-state index contributed by atoms with van der Waals surface area (Å²) in [5.41, 5.74) is 4.67. The molecule has 0 spiro atoms. The molecular weight excluding hydrogens is 313 g/mol. The molecule has 0 heterocycles. The van der Waals surface area contributed by atoms with Gasteiger partial charge in [0.1, 0.15) is 0 Å². The van der Waals surface area contributed by atoms with Crippen LogP contribution in [0.1, 0.15) is 12.5 Å². The predicted molar refractivity (Wildman–Crippen MR) is 85.4 cm³/mol. The Kier molecular flexibility index (Phi) is 4.77. The van der Waals surface area contributed by atoms with Crippen LogP contribution < -0.4 is 5.43 Å². The van der Waals surface area contributed by atoms with E-state index in [1.54, 1.807) is 37.3 Å². The van der Waals surface area contributed by atoms with E-state index in [0.717, 1.165) is 5.56 Å². The van der Waals surface area contributed by atoms with Gasteiger partial charge in [0.2, 0.25) is 0 Å². The highest BCUT2D eigenvalue weighted by Gasteiger charge is 2.06. The zero-order valence-electron chi connectivity index (χ0n) is 11.0. The molecule has 0 saturated heterocycles. The van der Waals surface area contributed by atoms with Crippen molar-refractivity contribution in [2.75, 3.05) is 5.43 Å². The van der Waals surface area contributed by atoms with Crippen LogP contribution in [0.4, 0.5) is 11.4 Å². The number of hydrazone groups is 1. The molecule has 0 unspecified atom stereocenters. The van der Waals surface area contributed by atoms with Crippen LogP contribution in [0.3, 0.4) is 0 Å². The largest absolute Gasteiger partial charge is 0.278 e. The van der Waals surface area contributed by atoms with Crippen molar-refractivity contribution in [2.45, 2.75) is 6.92 Å². The summed E-state index contributed by atoms with van der Waals surface area (Å²) in [5, 5.41) is 15.9. The van der Waals surface area contributed by atoms with Crippen molar-refractivity contribution >= 4 is 40.3 Å². The van der Waals surface area contributed by atoms with E-state index in [-0.39, 0.29) is 5.69 Å². The van der Waals surface area contributed by atoms with Gasteiger partial charge in [-0.1, -0.05) is 35.3 Å². The topological polar surface area (TPSA) is 67.5 Å². The summed E-state index contributed by atoms with van der Waals surface area (Å²) in [4.78, 5) is 10.2. The first kappa shape index (κ1) is 15.3. The molecule has 0 aliphatic heterocycles. The van der Waals surface area contributed by atoms with Crippen molar-refractivity contribution in [1.82, 2.24) is 0 Å². The Labute approximate surface area is 131 Å². The van der Waals surface area contributed by atoms with Crippen molar-refractivity contribution in [3.05, 3.63) is 68.2 Å². The summed E-state index contributed by atoms with van der Waals surface area (Å²) in [6.45, 7) is 1.78. The van der Waals surface area contributed by atoms with E-state index in [9.17, 15) is 10.1 Å². The van der Waals surface area contributed by atoms with E-state index in [1.807, 2.05) is 0 Å². The smallest absolute Gasteiger partial charge is 0.271 e. The predicted octanol–water partition coefficient (Wildman–Crippen LogP) is 4.74. The number of hydrogen-bond acceptors (Lipinski definition) is 4. The third kappa shape index (κ3) is 3.93. The van der Waals surface area contributed by atoms with E-state index >= 15 is 0 Å². The van der Waals surface area contributed by atoms with Crippen LogP contribution in [0.15, 0.2) is 47.6 Å². The molecule has 0 bridgehead atoms. The van der Waals surface area contributed by atoms with Gasteiger partial charge >= 0.3 is 0 Å². The van der Waals surface area contributed by atoms with Gasteiger partial charge in [0.25, 0.3) is 5.69 Å². The van der Waals surface area contributed by atoms with Gasteiger partial charge in [-0.25, -0.2) is 0 Å². The standard InChI is InChI=1S/C14H11Cl2N3O2/c1-9(13-6-5-10(15)7-14(13)16)17-18-11-3-2-4-12(8-11)19(20)21/h2-8,18H,1H3/b17-9-. The second kappa shape index (κ2) is 6.56. The number of rotatable bonds is 4. The molecule has 5 nitrogen and oxygen atoms in total. The molecule has 0 aromatic heterocycles. The van der Waals surface area contributed by atoms with Crippen LogP contribution in [-0.2, 0) is 0 Å². The van der Waals surface area contributed by atoms with Crippen molar-refractivity contribution < 1.29 is 4.92 Å². The summed E-state index contributed by atoms with van der Waals surface area (Å²) in [6, 6.07) is 11.2. The molecule has 1 N–H and O–H groups in total. The van der Waals surface area contributed by atoms with E-state index in [0.29, 0.717) is 21.4 Å². The van der Waals surface area contributed by atoms with Crippen LogP contribution in [0.2, 0.25) is 10.0 Å². The first-order valence-corrected chi connectivity index (χ1v) is 6.73. The van der Waals surface area contributed by atoms with Gasteiger partial charge in [0, 0.05) is 22.7 Å². The fraction of sp³-hybridized carbons (Fsp3) is 0.0714. The molecule has 0 saturated carbocycles. The average Bonchev–Trinajstić information content (AvgIpc) is 2.45. The van der Waals surface area contributed by atoms with Crippen LogP contribution >= 0.6 is 23.2 Å². The summed E-state index contributed by atoms with van der Waals surface area (Å²) in [7, 11) is 0. The van der Waals surface area contributed by atoms with Gasteiger partial charge in [-0.15, -0.1) is 0 Å². The van der Waals surface area contributed by atoms with E-state index in [4.69, 9.17) is 23.2 Å². The zero-order valence-corrected chi connectivity index (χ0v) is 12.5. The molecule has 7 heteroatoms. The summed E-state index contributed by atoms with van der Waals surface area (Å²) in [5.74, 6) is 0.